The second-order valence-corrected chi connectivity index (χ2v) is 5.02. The van der Waals surface area contributed by atoms with Gasteiger partial charge in [0.2, 0.25) is 0 Å². The quantitative estimate of drug-likeness (QED) is 0.742. The van der Waals surface area contributed by atoms with Crippen molar-refractivity contribution in [3.8, 4) is 11.5 Å². The molecule has 1 aromatic carbocycles. The zero-order chi connectivity index (χ0) is 13.7. The molecule has 4 heteroatoms. The molecule has 100 valence electrons. The van der Waals surface area contributed by atoms with Gasteiger partial charge in [0.15, 0.2) is 17.3 Å². The van der Waals surface area contributed by atoms with Crippen LogP contribution in [0.25, 0.3) is 0 Å². The van der Waals surface area contributed by atoms with Crippen LogP contribution in [0.4, 0.5) is 0 Å². The first-order valence-corrected chi connectivity index (χ1v) is 6.93. The SMILES string of the molecule is CCOc1cc(Br)c(C(=O)C(C)C)cc1OCC. The van der Waals surface area contributed by atoms with E-state index in [4.69, 9.17) is 9.47 Å². The number of halogens is 1. The fraction of sp³-hybridized carbons (Fsp3) is 0.500. The number of carbonyl (C=O) groups excluding carboxylic acids is 1. The highest BCUT2D eigenvalue weighted by Crippen LogP contribution is 2.34. The fourth-order valence-electron chi connectivity index (χ4n) is 1.57. The Morgan fingerprint density at radius 3 is 2.11 bits per heavy atom. The minimum absolute atomic E-state index is 0.0475. The number of ether oxygens (including phenoxy) is 2. The highest BCUT2D eigenvalue weighted by Gasteiger charge is 2.18. The summed E-state index contributed by atoms with van der Waals surface area (Å²) in [6, 6.07) is 3.55. The Morgan fingerprint density at radius 1 is 1.17 bits per heavy atom. The first-order valence-electron chi connectivity index (χ1n) is 6.14. The predicted molar refractivity (Wildman–Crippen MR) is 75.6 cm³/mol. The summed E-state index contributed by atoms with van der Waals surface area (Å²) < 4.78 is 11.8. The summed E-state index contributed by atoms with van der Waals surface area (Å²) in [6.45, 7) is 8.68. The van der Waals surface area contributed by atoms with Gasteiger partial charge in [-0.05, 0) is 41.9 Å². The third kappa shape index (κ3) is 3.48. The van der Waals surface area contributed by atoms with Gasteiger partial charge < -0.3 is 9.47 Å². The summed E-state index contributed by atoms with van der Waals surface area (Å²) in [5.74, 6) is 1.32. The number of rotatable bonds is 6. The van der Waals surface area contributed by atoms with E-state index < -0.39 is 0 Å². The van der Waals surface area contributed by atoms with Gasteiger partial charge in [-0.25, -0.2) is 0 Å². The Morgan fingerprint density at radius 2 is 1.67 bits per heavy atom. The monoisotopic (exact) mass is 314 g/mol. The molecule has 0 spiro atoms. The van der Waals surface area contributed by atoms with Gasteiger partial charge in [-0.2, -0.15) is 0 Å². The van der Waals surface area contributed by atoms with Gasteiger partial charge >= 0.3 is 0 Å². The molecule has 0 amide bonds. The summed E-state index contributed by atoms with van der Waals surface area (Å²) in [7, 11) is 0. The third-order valence-corrected chi connectivity index (χ3v) is 3.08. The van der Waals surface area contributed by atoms with Gasteiger partial charge in [-0.1, -0.05) is 13.8 Å². The first kappa shape index (κ1) is 15.0. The van der Waals surface area contributed by atoms with Crippen LogP contribution in [-0.4, -0.2) is 19.0 Å². The van der Waals surface area contributed by atoms with E-state index in [1.54, 1.807) is 12.1 Å². The number of carbonyl (C=O) groups is 1. The van der Waals surface area contributed by atoms with E-state index in [1.165, 1.54) is 0 Å². The molecule has 0 bridgehead atoms. The first-order chi connectivity index (χ1) is 8.51. The number of hydrogen-bond donors (Lipinski definition) is 0. The summed E-state index contributed by atoms with van der Waals surface area (Å²) in [5.41, 5.74) is 0.636. The highest BCUT2D eigenvalue weighted by atomic mass is 79.9. The molecule has 0 saturated heterocycles. The van der Waals surface area contributed by atoms with Crippen molar-refractivity contribution in [2.75, 3.05) is 13.2 Å². The molecule has 0 heterocycles. The molecule has 1 aromatic rings. The van der Waals surface area contributed by atoms with Gasteiger partial charge in [-0.15, -0.1) is 0 Å². The Hall–Kier alpha value is -1.03. The van der Waals surface area contributed by atoms with Crippen molar-refractivity contribution in [2.45, 2.75) is 27.7 Å². The van der Waals surface area contributed by atoms with Gasteiger partial charge in [0.1, 0.15) is 0 Å². The molecular weight excluding hydrogens is 296 g/mol. The highest BCUT2D eigenvalue weighted by molar-refractivity contribution is 9.10. The van der Waals surface area contributed by atoms with Gasteiger partial charge in [0.25, 0.3) is 0 Å². The number of ketones is 1. The predicted octanol–water partition coefficient (Wildman–Crippen LogP) is 4.09. The molecule has 0 radical (unpaired) electrons. The summed E-state index contributed by atoms with van der Waals surface area (Å²) in [4.78, 5) is 12.1. The van der Waals surface area contributed by atoms with E-state index in [1.807, 2.05) is 27.7 Å². The lowest BCUT2D eigenvalue weighted by Crippen LogP contribution is -2.09. The van der Waals surface area contributed by atoms with Crippen LogP contribution >= 0.6 is 15.9 Å². The Labute approximate surface area is 117 Å². The Bertz CT molecular complexity index is 427. The minimum Gasteiger partial charge on any atom is -0.490 e. The standard InChI is InChI=1S/C14H19BrO3/c1-5-17-12-7-10(14(16)9(3)4)11(15)8-13(12)18-6-2/h7-9H,5-6H2,1-4H3. The van der Waals surface area contributed by atoms with Gasteiger partial charge in [0, 0.05) is 16.0 Å². The van der Waals surface area contributed by atoms with E-state index in [0.29, 0.717) is 30.3 Å². The molecule has 3 nitrogen and oxygen atoms in total. The maximum atomic E-state index is 12.1. The van der Waals surface area contributed by atoms with E-state index in [-0.39, 0.29) is 11.7 Å². The largest absolute Gasteiger partial charge is 0.490 e. The van der Waals surface area contributed by atoms with Crippen molar-refractivity contribution < 1.29 is 14.3 Å². The van der Waals surface area contributed by atoms with Gasteiger partial charge in [-0.3, -0.25) is 4.79 Å². The number of benzene rings is 1. The maximum absolute atomic E-state index is 12.1. The lowest BCUT2D eigenvalue weighted by molar-refractivity contribution is 0.0938. The van der Waals surface area contributed by atoms with Crippen molar-refractivity contribution in [2.24, 2.45) is 5.92 Å². The molecule has 18 heavy (non-hydrogen) atoms. The average Bonchev–Trinajstić information content (AvgIpc) is 2.32. The van der Waals surface area contributed by atoms with Gasteiger partial charge in [0.05, 0.1) is 13.2 Å². The molecule has 0 aromatic heterocycles. The van der Waals surface area contributed by atoms with E-state index in [2.05, 4.69) is 15.9 Å². The van der Waals surface area contributed by atoms with E-state index >= 15 is 0 Å². The van der Waals surface area contributed by atoms with Crippen LogP contribution in [0.1, 0.15) is 38.1 Å². The summed E-state index contributed by atoms with van der Waals surface area (Å²) in [6.07, 6.45) is 0. The lowest BCUT2D eigenvalue weighted by Gasteiger charge is -2.14. The minimum atomic E-state index is -0.0475. The smallest absolute Gasteiger partial charge is 0.166 e. The second kappa shape index (κ2) is 6.78. The third-order valence-electron chi connectivity index (χ3n) is 2.42. The molecule has 0 N–H and O–H groups in total. The molecule has 0 fully saturated rings. The maximum Gasteiger partial charge on any atom is 0.166 e. The average molecular weight is 315 g/mol. The van der Waals surface area contributed by atoms with Crippen LogP contribution < -0.4 is 9.47 Å². The van der Waals surface area contributed by atoms with Crippen molar-refractivity contribution >= 4 is 21.7 Å². The molecule has 0 aliphatic carbocycles. The topological polar surface area (TPSA) is 35.5 Å². The molecular formula is C14H19BrO3. The van der Waals surface area contributed by atoms with Crippen molar-refractivity contribution in [3.63, 3.8) is 0 Å². The fourth-order valence-corrected chi connectivity index (χ4v) is 2.09. The summed E-state index contributed by atoms with van der Waals surface area (Å²) in [5, 5.41) is 0. The zero-order valence-electron chi connectivity index (χ0n) is 11.2. The van der Waals surface area contributed by atoms with Crippen LogP contribution in [0.2, 0.25) is 0 Å². The summed E-state index contributed by atoms with van der Waals surface area (Å²) >= 11 is 3.41. The van der Waals surface area contributed by atoms with Crippen LogP contribution in [0.3, 0.4) is 0 Å². The Kier molecular flexibility index (Phi) is 5.66. The van der Waals surface area contributed by atoms with E-state index in [9.17, 15) is 4.79 Å². The molecule has 0 unspecified atom stereocenters. The lowest BCUT2D eigenvalue weighted by atomic mass is 10.0. The normalized spacial score (nSPS) is 10.6. The van der Waals surface area contributed by atoms with E-state index in [0.717, 1.165) is 4.47 Å². The molecule has 0 aliphatic rings. The van der Waals surface area contributed by atoms with Crippen LogP contribution in [0, 0.1) is 5.92 Å². The zero-order valence-corrected chi connectivity index (χ0v) is 12.8. The van der Waals surface area contributed by atoms with Crippen molar-refractivity contribution in [3.05, 3.63) is 22.2 Å². The number of Topliss-reactive ketones (excluding diaryl/α,β-unsaturated/α-hetero) is 1. The molecule has 1 rings (SSSR count). The number of hydrogen-bond acceptors (Lipinski definition) is 3. The van der Waals surface area contributed by atoms with Crippen LogP contribution in [-0.2, 0) is 0 Å². The molecule has 0 aliphatic heterocycles. The van der Waals surface area contributed by atoms with Crippen molar-refractivity contribution in [1.82, 2.24) is 0 Å². The van der Waals surface area contributed by atoms with Crippen LogP contribution in [0.15, 0.2) is 16.6 Å². The van der Waals surface area contributed by atoms with Crippen molar-refractivity contribution in [1.29, 1.82) is 0 Å². The Balaban J connectivity index is 3.21. The second-order valence-electron chi connectivity index (χ2n) is 4.16. The molecule has 0 saturated carbocycles. The molecule has 0 atom stereocenters. The van der Waals surface area contributed by atoms with Crippen LogP contribution in [0.5, 0.6) is 11.5 Å².